The van der Waals surface area contributed by atoms with Crippen LogP contribution in [0.2, 0.25) is 0 Å². The second-order valence-electron chi connectivity index (χ2n) is 6.21. The maximum atomic E-state index is 12.3. The molecule has 0 bridgehead atoms. The lowest BCUT2D eigenvalue weighted by Gasteiger charge is -2.08. The summed E-state index contributed by atoms with van der Waals surface area (Å²) < 4.78 is 1.77. The van der Waals surface area contributed by atoms with Crippen molar-refractivity contribution in [3.63, 3.8) is 0 Å². The van der Waals surface area contributed by atoms with Crippen LogP contribution in [0.5, 0.6) is 0 Å². The van der Waals surface area contributed by atoms with Crippen molar-refractivity contribution in [3.8, 4) is 5.69 Å². The van der Waals surface area contributed by atoms with Crippen LogP contribution in [0.25, 0.3) is 22.7 Å². The minimum atomic E-state index is -0.198. The van der Waals surface area contributed by atoms with Crippen molar-refractivity contribution in [3.05, 3.63) is 90.4 Å². The molecule has 0 aliphatic rings. The number of anilines is 1. The number of fused-ring (bicyclic) bond motifs is 1. The number of nitrogens with zero attached hydrogens (tertiary/aromatic N) is 3. The molecule has 2 heterocycles. The van der Waals surface area contributed by atoms with Gasteiger partial charge < -0.3 is 5.32 Å². The topological polar surface area (TPSA) is 59.8 Å². The molecule has 27 heavy (non-hydrogen) atoms. The van der Waals surface area contributed by atoms with Crippen LogP contribution in [-0.4, -0.2) is 20.7 Å². The molecule has 4 rings (SSSR count). The average molecular weight is 354 g/mol. The normalized spacial score (nSPS) is 11.1. The summed E-state index contributed by atoms with van der Waals surface area (Å²) in [6.45, 7) is 2.01. The van der Waals surface area contributed by atoms with Gasteiger partial charge in [0.1, 0.15) is 0 Å². The Hall–Kier alpha value is -3.73. The third kappa shape index (κ3) is 3.62. The van der Waals surface area contributed by atoms with Crippen LogP contribution in [0.4, 0.5) is 5.69 Å². The lowest BCUT2D eigenvalue weighted by Crippen LogP contribution is -2.08. The van der Waals surface area contributed by atoms with Crippen LogP contribution < -0.4 is 5.32 Å². The summed E-state index contributed by atoms with van der Waals surface area (Å²) in [6.07, 6.45) is 8.61. The third-order valence-corrected chi connectivity index (χ3v) is 4.28. The van der Waals surface area contributed by atoms with Gasteiger partial charge in [-0.2, -0.15) is 5.10 Å². The molecular weight excluding hydrogens is 336 g/mol. The van der Waals surface area contributed by atoms with Crippen molar-refractivity contribution >= 4 is 28.6 Å². The molecule has 2 aromatic carbocycles. The molecule has 4 aromatic rings. The standard InChI is InChI=1S/C22H18N4O/c1-16-9-11-20(19-8-5-13-23-22(16)19)25-21(27)12-10-17-14-24-26(15-17)18-6-3-2-4-7-18/h2-15H,1H3,(H,25,27)/b12-10+. The second kappa shape index (κ2) is 7.25. The van der Waals surface area contributed by atoms with Gasteiger partial charge in [-0.1, -0.05) is 24.3 Å². The number of carbonyl (C=O) groups is 1. The number of benzene rings is 2. The molecule has 0 fully saturated rings. The van der Waals surface area contributed by atoms with Gasteiger partial charge in [0.2, 0.25) is 5.91 Å². The molecule has 1 N–H and O–H groups in total. The number of hydrogen-bond acceptors (Lipinski definition) is 3. The number of aromatic nitrogens is 3. The summed E-state index contributed by atoms with van der Waals surface area (Å²) in [5.74, 6) is -0.198. The first kappa shape index (κ1) is 16.7. The van der Waals surface area contributed by atoms with E-state index in [9.17, 15) is 4.79 Å². The van der Waals surface area contributed by atoms with Gasteiger partial charge in [-0.15, -0.1) is 0 Å². The molecule has 0 radical (unpaired) electrons. The number of aryl methyl sites for hydroxylation is 1. The molecule has 0 saturated heterocycles. The third-order valence-electron chi connectivity index (χ3n) is 4.28. The minimum absolute atomic E-state index is 0.198. The van der Waals surface area contributed by atoms with Crippen molar-refractivity contribution in [1.29, 1.82) is 0 Å². The van der Waals surface area contributed by atoms with Gasteiger partial charge in [0.15, 0.2) is 0 Å². The van der Waals surface area contributed by atoms with Crippen LogP contribution in [-0.2, 0) is 4.79 Å². The van der Waals surface area contributed by atoms with Gasteiger partial charge in [-0.3, -0.25) is 9.78 Å². The molecule has 0 aliphatic carbocycles. The Morgan fingerprint density at radius 3 is 2.78 bits per heavy atom. The lowest BCUT2D eigenvalue weighted by molar-refractivity contribution is -0.111. The first-order chi connectivity index (χ1) is 13.2. The van der Waals surface area contributed by atoms with E-state index in [-0.39, 0.29) is 5.91 Å². The largest absolute Gasteiger partial charge is 0.322 e. The van der Waals surface area contributed by atoms with Crippen LogP contribution in [0.1, 0.15) is 11.1 Å². The van der Waals surface area contributed by atoms with E-state index in [2.05, 4.69) is 15.4 Å². The van der Waals surface area contributed by atoms with Crippen molar-refractivity contribution in [2.24, 2.45) is 0 Å². The molecule has 2 aromatic heterocycles. The first-order valence-corrected chi connectivity index (χ1v) is 8.64. The number of amides is 1. The van der Waals surface area contributed by atoms with E-state index in [4.69, 9.17) is 0 Å². The van der Waals surface area contributed by atoms with Crippen LogP contribution in [0, 0.1) is 6.92 Å². The first-order valence-electron chi connectivity index (χ1n) is 8.64. The molecule has 1 amide bonds. The van der Waals surface area contributed by atoms with Gasteiger partial charge in [-0.05, 0) is 48.9 Å². The highest BCUT2D eigenvalue weighted by Crippen LogP contribution is 2.24. The maximum absolute atomic E-state index is 12.3. The zero-order chi connectivity index (χ0) is 18.6. The van der Waals surface area contributed by atoms with Gasteiger partial charge >= 0.3 is 0 Å². The summed E-state index contributed by atoms with van der Waals surface area (Å²) in [6, 6.07) is 17.5. The highest BCUT2D eigenvalue weighted by atomic mass is 16.1. The molecule has 132 valence electrons. The summed E-state index contributed by atoms with van der Waals surface area (Å²) in [7, 11) is 0. The zero-order valence-corrected chi connectivity index (χ0v) is 14.8. The van der Waals surface area contributed by atoms with E-state index >= 15 is 0 Å². The average Bonchev–Trinajstić information content (AvgIpc) is 3.19. The summed E-state index contributed by atoms with van der Waals surface area (Å²) >= 11 is 0. The Balaban J connectivity index is 1.51. The Morgan fingerprint density at radius 2 is 1.93 bits per heavy atom. The predicted octanol–water partition coefficient (Wildman–Crippen LogP) is 4.38. The molecule has 5 heteroatoms. The fourth-order valence-electron chi connectivity index (χ4n) is 2.91. The van der Waals surface area contributed by atoms with Crippen LogP contribution in [0.15, 0.2) is 79.3 Å². The SMILES string of the molecule is Cc1ccc(NC(=O)/C=C/c2cnn(-c3ccccc3)c2)c2cccnc12. The van der Waals surface area contributed by atoms with E-state index in [1.54, 1.807) is 23.2 Å². The number of pyridine rings is 1. The van der Waals surface area contributed by atoms with Gasteiger partial charge in [-0.25, -0.2) is 4.68 Å². The smallest absolute Gasteiger partial charge is 0.248 e. The van der Waals surface area contributed by atoms with Crippen molar-refractivity contribution < 1.29 is 4.79 Å². The number of hydrogen-bond donors (Lipinski definition) is 1. The van der Waals surface area contributed by atoms with Crippen molar-refractivity contribution in [2.45, 2.75) is 6.92 Å². The summed E-state index contributed by atoms with van der Waals surface area (Å²) in [4.78, 5) is 16.7. The molecule has 0 spiro atoms. The molecule has 0 unspecified atom stereocenters. The molecule has 0 aliphatic heterocycles. The molecule has 0 saturated carbocycles. The summed E-state index contributed by atoms with van der Waals surface area (Å²) in [5, 5.41) is 8.18. The quantitative estimate of drug-likeness (QED) is 0.553. The van der Waals surface area contributed by atoms with E-state index in [1.165, 1.54) is 6.08 Å². The number of rotatable bonds is 4. The van der Waals surface area contributed by atoms with E-state index in [1.807, 2.05) is 67.7 Å². The fraction of sp³-hybridized carbons (Fsp3) is 0.0455. The Bertz CT molecular complexity index is 1130. The summed E-state index contributed by atoms with van der Waals surface area (Å²) in [5.41, 5.74) is 4.54. The van der Waals surface area contributed by atoms with Crippen LogP contribution in [0.3, 0.4) is 0 Å². The molecule has 5 nitrogen and oxygen atoms in total. The highest BCUT2D eigenvalue weighted by molar-refractivity contribution is 6.07. The second-order valence-corrected chi connectivity index (χ2v) is 6.21. The Kier molecular flexibility index (Phi) is 4.49. The number of para-hydroxylation sites is 1. The Labute approximate surface area is 157 Å². The van der Waals surface area contributed by atoms with Gasteiger partial charge in [0, 0.05) is 29.4 Å². The van der Waals surface area contributed by atoms with Gasteiger partial charge in [0.25, 0.3) is 0 Å². The fourth-order valence-corrected chi connectivity index (χ4v) is 2.91. The minimum Gasteiger partial charge on any atom is -0.322 e. The van der Waals surface area contributed by atoms with E-state index in [0.29, 0.717) is 0 Å². The maximum Gasteiger partial charge on any atom is 0.248 e. The lowest BCUT2D eigenvalue weighted by atomic mass is 10.1. The zero-order valence-electron chi connectivity index (χ0n) is 14.8. The van der Waals surface area contributed by atoms with Crippen molar-refractivity contribution in [2.75, 3.05) is 5.32 Å². The number of carbonyl (C=O) groups excluding carboxylic acids is 1. The number of nitrogens with one attached hydrogen (secondary N) is 1. The van der Waals surface area contributed by atoms with E-state index < -0.39 is 0 Å². The highest BCUT2D eigenvalue weighted by Gasteiger charge is 2.06. The molecule has 0 atom stereocenters. The Morgan fingerprint density at radius 1 is 1.07 bits per heavy atom. The van der Waals surface area contributed by atoms with Crippen LogP contribution >= 0.6 is 0 Å². The van der Waals surface area contributed by atoms with E-state index in [0.717, 1.165) is 33.4 Å². The monoisotopic (exact) mass is 354 g/mol. The van der Waals surface area contributed by atoms with Gasteiger partial charge in [0.05, 0.1) is 23.1 Å². The van der Waals surface area contributed by atoms with Crippen molar-refractivity contribution in [1.82, 2.24) is 14.8 Å². The predicted molar refractivity (Wildman–Crippen MR) is 108 cm³/mol. The molecular formula is C22H18N4O.